The van der Waals surface area contributed by atoms with Crippen LogP contribution in [0.25, 0.3) is 0 Å². The van der Waals surface area contributed by atoms with Crippen LogP contribution in [0, 0.1) is 0 Å². The molecule has 0 heterocycles. The van der Waals surface area contributed by atoms with Crippen molar-refractivity contribution >= 4 is 11.9 Å². The van der Waals surface area contributed by atoms with Crippen LogP contribution in [-0.2, 0) is 9.53 Å². The summed E-state index contributed by atoms with van der Waals surface area (Å²) in [6, 6.07) is 4.80. The maximum absolute atomic E-state index is 12.0. The first-order valence-electron chi connectivity index (χ1n) is 6.77. The Hall–Kier alpha value is -2.24. The molecule has 0 fully saturated rings. The molecule has 0 spiro atoms. The summed E-state index contributed by atoms with van der Waals surface area (Å²) < 4.78 is 15.1. The SMILES string of the molecule is CCCCOC(=O)CNC(=O)c1cc(OC)cc(OC)c1. The van der Waals surface area contributed by atoms with Gasteiger partial charge in [-0.15, -0.1) is 0 Å². The highest BCUT2D eigenvalue weighted by Gasteiger charge is 2.11. The van der Waals surface area contributed by atoms with Gasteiger partial charge in [0.1, 0.15) is 18.0 Å². The zero-order valence-corrected chi connectivity index (χ0v) is 12.6. The number of amides is 1. The van der Waals surface area contributed by atoms with Crippen molar-refractivity contribution in [2.75, 3.05) is 27.4 Å². The smallest absolute Gasteiger partial charge is 0.325 e. The van der Waals surface area contributed by atoms with Gasteiger partial charge in [-0.1, -0.05) is 13.3 Å². The van der Waals surface area contributed by atoms with Gasteiger partial charge in [0.25, 0.3) is 5.91 Å². The second kappa shape index (κ2) is 8.84. The van der Waals surface area contributed by atoms with Gasteiger partial charge >= 0.3 is 5.97 Å². The van der Waals surface area contributed by atoms with Crippen molar-refractivity contribution < 1.29 is 23.8 Å². The van der Waals surface area contributed by atoms with Crippen LogP contribution in [0.15, 0.2) is 18.2 Å². The van der Waals surface area contributed by atoms with Gasteiger partial charge in [0.05, 0.1) is 20.8 Å². The van der Waals surface area contributed by atoms with Gasteiger partial charge in [0, 0.05) is 11.6 Å². The first-order chi connectivity index (χ1) is 10.1. The Labute approximate surface area is 124 Å². The topological polar surface area (TPSA) is 73.9 Å². The van der Waals surface area contributed by atoms with Gasteiger partial charge in [-0.2, -0.15) is 0 Å². The average molecular weight is 295 g/mol. The van der Waals surface area contributed by atoms with Gasteiger partial charge in [0.2, 0.25) is 0 Å². The quantitative estimate of drug-likeness (QED) is 0.584. The first kappa shape index (κ1) is 16.8. The van der Waals surface area contributed by atoms with Crippen molar-refractivity contribution in [2.45, 2.75) is 19.8 Å². The third-order valence-electron chi connectivity index (χ3n) is 2.77. The van der Waals surface area contributed by atoms with E-state index in [2.05, 4.69) is 5.32 Å². The summed E-state index contributed by atoms with van der Waals surface area (Å²) in [4.78, 5) is 23.4. The molecule has 0 saturated heterocycles. The summed E-state index contributed by atoms with van der Waals surface area (Å²) in [7, 11) is 3.00. The zero-order valence-electron chi connectivity index (χ0n) is 12.6. The lowest BCUT2D eigenvalue weighted by Gasteiger charge is -2.09. The molecule has 6 heteroatoms. The van der Waals surface area contributed by atoms with Crippen LogP contribution in [0.5, 0.6) is 11.5 Å². The number of carbonyl (C=O) groups excluding carboxylic acids is 2. The Morgan fingerprint density at radius 1 is 1.10 bits per heavy atom. The van der Waals surface area contributed by atoms with Crippen molar-refractivity contribution in [1.82, 2.24) is 5.32 Å². The predicted octanol–water partition coefficient (Wildman–Crippen LogP) is 1.78. The molecule has 6 nitrogen and oxygen atoms in total. The Kier molecular flexibility index (Phi) is 7.08. The number of ether oxygens (including phenoxy) is 3. The molecule has 1 N–H and O–H groups in total. The normalized spacial score (nSPS) is 9.86. The molecule has 0 aliphatic carbocycles. The van der Waals surface area contributed by atoms with E-state index >= 15 is 0 Å². The fraction of sp³-hybridized carbons (Fsp3) is 0.467. The average Bonchev–Trinajstić information content (AvgIpc) is 2.52. The highest BCUT2D eigenvalue weighted by molar-refractivity contribution is 5.96. The van der Waals surface area contributed by atoms with Crippen LogP contribution in [-0.4, -0.2) is 39.2 Å². The van der Waals surface area contributed by atoms with Crippen molar-refractivity contribution in [3.63, 3.8) is 0 Å². The summed E-state index contributed by atoms with van der Waals surface area (Å²) in [5.41, 5.74) is 0.354. The number of esters is 1. The molecule has 0 radical (unpaired) electrons. The van der Waals surface area contributed by atoms with Crippen LogP contribution in [0.1, 0.15) is 30.1 Å². The van der Waals surface area contributed by atoms with Crippen LogP contribution in [0.3, 0.4) is 0 Å². The number of methoxy groups -OCH3 is 2. The third kappa shape index (κ3) is 5.72. The molecule has 0 saturated carbocycles. The van der Waals surface area contributed by atoms with Crippen molar-refractivity contribution in [1.29, 1.82) is 0 Å². The lowest BCUT2D eigenvalue weighted by Crippen LogP contribution is -2.30. The fourth-order valence-corrected chi connectivity index (χ4v) is 1.57. The Balaban J connectivity index is 2.57. The van der Waals surface area contributed by atoms with Crippen LogP contribution in [0.4, 0.5) is 0 Å². The van der Waals surface area contributed by atoms with Gasteiger partial charge in [0.15, 0.2) is 0 Å². The van der Waals surface area contributed by atoms with Crippen molar-refractivity contribution in [2.24, 2.45) is 0 Å². The van der Waals surface area contributed by atoms with E-state index in [1.807, 2.05) is 6.92 Å². The molecule has 0 aliphatic rings. The van der Waals surface area contributed by atoms with E-state index in [1.165, 1.54) is 14.2 Å². The highest BCUT2D eigenvalue weighted by Crippen LogP contribution is 2.22. The minimum absolute atomic E-state index is 0.165. The number of hydrogen-bond acceptors (Lipinski definition) is 5. The molecule has 0 unspecified atom stereocenters. The highest BCUT2D eigenvalue weighted by atomic mass is 16.5. The number of rotatable bonds is 8. The molecule has 21 heavy (non-hydrogen) atoms. The first-order valence-corrected chi connectivity index (χ1v) is 6.77. The zero-order chi connectivity index (χ0) is 15.7. The Morgan fingerprint density at radius 2 is 1.71 bits per heavy atom. The predicted molar refractivity (Wildman–Crippen MR) is 77.7 cm³/mol. The van der Waals surface area contributed by atoms with E-state index in [0.29, 0.717) is 23.7 Å². The van der Waals surface area contributed by atoms with E-state index in [0.717, 1.165) is 12.8 Å². The number of benzene rings is 1. The van der Waals surface area contributed by atoms with E-state index < -0.39 is 5.97 Å². The maximum atomic E-state index is 12.0. The van der Waals surface area contributed by atoms with Gasteiger partial charge in [-0.05, 0) is 18.6 Å². The van der Waals surface area contributed by atoms with Gasteiger partial charge in [-0.3, -0.25) is 9.59 Å². The summed E-state index contributed by atoms with van der Waals surface area (Å²) in [6.07, 6.45) is 1.76. The van der Waals surface area contributed by atoms with Crippen LogP contribution in [0.2, 0.25) is 0 Å². The molecule has 0 atom stereocenters. The molecular weight excluding hydrogens is 274 g/mol. The molecule has 0 aromatic heterocycles. The molecule has 116 valence electrons. The summed E-state index contributed by atoms with van der Waals surface area (Å²) in [5.74, 6) is 0.168. The summed E-state index contributed by atoms with van der Waals surface area (Å²) in [5, 5.41) is 2.50. The molecular formula is C15H21NO5. The molecule has 1 aromatic rings. The second-order valence-electron chi connectivity index (χ2n) is 4.36. The van der Waals surface area contributed by atoms with E-state index in [4.69, 9.17) is 14.2 Å². The monoisotopic (exact) mass is 295 g/mol. The van der Waals surface area contributed by atoms with Gasteiger partial charge < -0.3 is 19.5 Å². The molecule has 1 rings (SSSR count). The molecule has 0 aliphatic heterocycles. The molecule has 1 amide bonds. The summed E-state index contributed by atoms with van der Waals surface area (Å²) >= 11 is 0. The van der Waals surface area contributed by atoms with E-state index in [9.17, 15) is 9.59 Å². The van der Waals surface area contributed by atoms with E-state index in [-0.39, 0.29) is 12.5 Å². The minimum atomic E-state index is -0.452. The third-order valence-corrected chi connectivity index (χ3v) is 2.77. The van der Waals surface area contributed by atoms with Crippen LogP contribution < -0.4 is 14.8 Å². The Morgan fingerprint density at radius 3 is 2.24 bits per heavy atom. The lowest BCUT2D eigenvalue weighted by atomic mass is 10.2. The standard InChI is InChI=1S/C15H21NO5/c1-4-5-6-21-14(17)10-16-15(18)11-7-12(19-2)9-13(8-11)20-3/h7-9H,4-6,10H2,1-3H3,(H,16,18). The Bertz CT molecular complexity index is 465. The van der Waals surface area contributed by atoms with E-state index in [1.54, 1.807) is 18.2 Å². The van der Waals surface area contributed by atoms with Crippen LogP contribution >= 0.6 is 0 Å². The lowest BCUT2D eigenvalue weighted by molar-refractivity contribution is -0.142. The van der Waals surface area contributed by atoms with Crippen molar-refractivity contribution in [3.05, 3.63) is 23.8 Å². The number of hydrogen-bond donors (Lipinski definition) is 1. The second-order valence-corrected chi connectivity index (χ2v) is 4.36. The number of nitrogens with one attached hydrogen (secondary N) is 1. The molecule has 0 bridgehead atoms. The largest absolute Gasteiger partial charge is 0.497 e. The van der Waals surface area contributed by atoms with Crippen molar-refractivity contribution in [3.8, 4) is 11.5 Å². The minimum Gasteiger partial charge on any atom is -0.497 e. The summed E-state index contributed by atoms with van der Waals surface area (Å²) in [6.45, 7) is 2.21. The fourth-order valence-electron chi connectivity index (χ4n) is 1.57. The number of carbonyl (C=O) groups is 2. The maximum Gasteiger partial charge on any atom is 0.325 e. The molecule has 1 aromatic carbocycles. The van der Waals surface area contributed by atoms with Gasteiger partial charge in [-0.25, -0.2) is 0 Å². The number of unbranched alkanes of at least 4 members (excludes halogenated alkanes) is 1.